The monoisotopic (exact) mass is 300 g/mol. The summed E-state index contributed by atoms with van der Waals surface area (Å²) in [5.41, 5.74) is 9.52. The van der Waals surface area contributed by atoms with E-state index >= 15 is 0 Å². The molecule has 1 aliphatic heterocycles. The van der Waals surface area contributed by atoms with Gasteiger partial charge in [0.15, 0.2) is 5.82 Å². The lowest BCUT2D eigenvalue weighted by Crippen LogP contribution is -2.37. The summed E-state index contributed by atoms with van der Waals surface area (Å²) < 4.78 is 10.8. The van der Waals surface area contributed by atoms with E-state index in [1.807, 2.05) is 25.1 Å². The van der Waals surface area contributed by atoms with Crippen molar-refractivity contribution >= 4 is 11.5 Å². The molecule has 1 aromatic heterocycles. The maximum Gasteiger partial charge on any atom is 0.257 e. The van der Waals surface area contributed by atoms with Gasteiger partial charge in [-0.15, -0.1) is 0 Å². The predicted molar refractivity (Wildman–Crippen MR) is 86.2 cm³/mol. The first-order chi connectivity index (χ1) is 10.7. The Labute approximate surface area is 129 Å². The van der Waals surface area contributed by atoms with E-state index in [2.05, 4.69) is 9.88 Å². The second-order valence-corrected chi connectivity index (χ2v) is 5.26. The average molecular weight is 300 g/mol. The molecule has 1 fully saturated rings. The molecule has 3 rings (SSSR count). The van der Waals surface area contributed by atoms with Crippen molar-refractivity contribution in [2.24, 2.45) is 0 Å². The molecule has 2 N–H and O–H groups in total. The molecule has 2 aromatic rings. The van der Waals surface area contributed by atoms with Gasteiger partial charge in [0.05, 0.1) is 32.2 Å². The van der Waals surface area contributed by atoms with Gasteiger partial charge in [-0.3, -0.25) is 0 Å². The Hall–Kier alpha value is -2.34. The standard InChI is InChI=1S/C16H20N4O2/c1-11-3-4-12(17)9-13(11)14-10-18-16(21-2)15(19-14)20-5-7-22-8-6-20/h3-4,9-10H,5-8,17H2,1-2H3. The van der Waals surface area contributed by atoms with Gasteiger partial charge in [0.1, 0.15) is 0 Å². The molecule has 0 amide bonds. The van der Waals surface area contributed by atoms with E-state index in [1.54, 1.807) is 13.3 Å². The minimum Gasteiger partial charge on any atom is -0.478 e. The lowest BCUT2D eigenvalue weighted by atomic mass is 10.1. The van der Waals surface area contributed by atoms with Gasteiger partial charge in [-0.25, -0.2) is 9.97 Å². The first-order valence-corrected chi connectivity index (χ1v) is 7.29. The summed E-state index contributed by atoms with van der Waals surface area (Å²) in [6.07, 6.45) is 1.73. The van der Waals surface area contributed by atoms with Gasteiger partial charge in [-0.1, -0.05) is 6.07 Å². The number of nitrogen functional groups attached to an aromatic ring is 1. The smallest absolute Gasteiger partial charge is 0.257 e. The van der Waals surface area contributed by atoms with Crippen LogP contribution in [0, 0.1) is 6.92 Å². The molecular formula is C16H20N4O2. The zero-order valence-corrected chi connectivity index (χ0v) is 12.9. The van der Waals surface area contributed by atoms with Crippen LogP contribution in [0.4, 0.5) is 11.5 Å². The Morgan fingerprint density at radius 1 is 1.27 bits per heavy atom. The van der Waals surface area contributed by atoms with Crippen LogP contribution in [0.15, 0.2) is 24.4 Å². The quantitative estimate of drug-likeness (QED) is 0.873. The highest BCUT2D eigenvalue weighted by molar-refractivity contribution is 5.69. The third kappa shape index (κ3) is 2.82. The SMILES string of the molecule is COc1ncc(-c2cc(N)ccc2C)nc1N1CCOCC1. The van der Waals surface area contributed by atoms with Crippen LogP contribution < -0.4 is 15.4 Å². The fourth-order valence-electron chi connectivity index (χ4n) is 2.54. The third-order valence-corrected chi connectivity index (χ3v) is 3.76. The van der Waals surface area contributed by atoms with Gasteiger partial charge in [-0.2, -0.15) is 0 Å². The van der Waals surface area contributed by atoms with Crippen LogP contribution >= 0.6 is 0 Å². The molecule has 22 heavy (non-hydrogen) atoms. The van der Waals surface area contributed by atoms with E-state index in [-0.39, 0.29) is 0 Å². The van der Waals surface area contributed by atoms with E-state index in [4.69, 9.17) is 20.2 Å². The minimum atomic E-state index is 0.534. The number of nitrogens with zero attached hydrogens (tertiary/aromatic N) is 3. The number of hydrogen-bond acceptors (Lipinski definition) is 6. The summed E-state index contributed by atoms with van der Waals surface area (Å²) >= 11 is 0. The molecule has 6 heteroatoms. The fourth-order valence-corrected chi connectivity index (χ4v) is 2.54. The van der Waals surface area contributed by atoms with Crippen molar-refractivity contribution in [1.29, 1.82) is 0 Å². The van der Waals surface area contributed by atoms with E-state index in [1.165, 1.54) is 0 Å². The number of aromatic nitrogens is 2. The first kappa shape index (κ1) is 14.6. The summed E-state index contributed by atoms with van der Waals surface area (Å²) in [5.74, 6) is 1.29. The number of hydrogen-bond donors (Lipinski definition) is 1. The summed E-state index contributed by atoms with van der Waals surface area (Å²) in [5, 5.41) is 0. The highest BCUT2D eigenvalue weighted by atomic mass is 16.5. The molecule has 116 valence electrons. The van der Waals surface area contributed by atoms with Crippen LogP contribution in [0.1, 0.15) is 5.56 Å². The maximum atomic E-state index is 5.90. The molecular weight excluding hydrogens is 280 g/mol. The van der Waals surface area contributed by atoms with Gasteiger partial charge in [-0.05, 0) is 24.6 Å². The molecule has 0 saturated carbocycles. The lowest BCUT2D eigenvalue weighted by molar-refractivity contribution is 0.122. The Kier molecular flexibility index (Phi) is 4.11. The molecule has 1 saturated heterocycles. The normalized spacial score (nSPS) is 14.9. The number of nitrogens with two attached hydrogens (primary N) is 1. The third-order valence-electron chi connectivity index (χ3n) is 3.76. The number of ether oxygens (including phenoxy) is 2. The molecule has 6 nitrogen and oxygen atoms in total. The highest BCUT2D eigenvalue weighted by Crippen LogP contribution is 2.30. The largest absolute Gasteiger partial charge is 0.478 e. The molecule has 0 aliphatic carbocycles. The molecule has 0 radical (unpaired) electrons. The zero-order valence-electron chi connectivity index (χ0n) is 12.9. The fraction of sp³-hybridized carbons (Fsp3) is 0.375. The van der Waals surface area contributed by atoms with Crippen molar-refractivity contribution in [2.45, 2.75) is 6.92 Å². The van der Waals surface area contributed by atoms with Gasteiger partial charge >= 0.3 is 0 Å². The molecule has 2 heterocycles. The highest BCUT2D eigenvalue weighted by Gasteiger charge is 2.19. The summed E-state index contributed by atoms with van der Waals surface area (Å²) in [7, 11) is 1.61. The molecule has 1 aromatic carbocycles. The van der Waals surface area contributed by atoms with Crippen LogP contribution in [0.5, 0.6) is 5.88 Å². The number of anilines is 2. The predicted octanol–water partition coefficient (Wildman–Crippen LogP) is 1.88. The molecule has 0 unspecified atom stereocenters. The van der Waals surface area contributed by atoms with Gasteiger partial charge < -0.3 is 20.1 Å². The Bertz CT molecular complexity index is 669. The Morgan fingerprint density at radius 3 is 2.77 bits per heavy atom. The lowest BCUT2D eigenvalue weighted by Gasteiger charge is -2.28. The van der Waals surface area contributed by atoms with Gasteiger partial charge in [0, 0.05) is 24.3 Å². The summed E-state index contributed by atoms with van der Waals surface area (Å²) in [6, 6.07) is 5.80. The summed E-state index contributed by atoms with van der Waals surface area (Å²) in [6.45, 7) is 4.97. The van der Waals surface area contributed by atoms with Crippen LogP contribution in [-0.4, -0.2) is 43.4 Å². The maximum absolute atomic E-state index is 5.90. The Morgan fingerprint density at radius 2 is 2.05 bits per heavy atom. The summed E-state index contributed by atoms with van der Waals surface area (Å²) in [4.78, 5) is 11.3. The van der Waals surface area contributed by atoms with Crippen molar-refractivity contribution < 1.29 is 9.47 Å². The van der Waals surface area contributed by atoms with Crippen molar-refractivity contribution in [3.05, 3.63) is 30.0 Å². The van der Waals surface area contributed by atoms with Crippen LogP contribution in [0.25, 0.3) is 11.3 Å². The van der Waals surface area contributed by atoms with Crippen molar-refractivity contribution in [3.63, 3.8) is 0 Å². The van der Waals surface area contributed by atoms with Gasteiger partial charge in [0.25, 0.3) is 5.88 Å². The van der Waals surface area contributed by atoms with Crippen LogP contribution in [-0.2, 0) is 4.74 Å². The number of aryl methyl sites for hydroxylation is 1. The average Bonchev–Trinajstić information content (AvgIpc) is 2.57. The number of rotatable bonds is 3. The second kappa shape index (κ2) is 6.19. The number of morpholine rings is 1. The van der Waals surface area contributed by atoms with Crippen LogP contribution in [0.2, 0.25) is 0 Å². The van der Waals surface area contributed by atoms with E-state index in [9.17, 15) is 0 Å². The van der Waals surface area contributed by atoms with E-state index < -0.39 is 0 Å². The topological polar surface area (TPSA) is 73.5 Å². The van der Waals surface area contributed by atoms with Crippen molar-refractivity contribution in [2.75, 3.05) is 44.0 Å². The number of methoxy groups -OCH3 is 1. The van der Waals surface area contributed by atoms with Gasteiger partial charge in [0.2, 0.25) is 0 Å². The van der Waals surface area contributed by atoms with Crippen molar-refractivity contribution in [1.82, 2.24) is 9.97 Å². The van der Waals surface area contributed by atoms with Crippen LogP contribution in [0.3, 0.4) is 0 Å². The number of benzene rings is 1. The molecule has 1 aliphatic rings. The van der Waals surface area contributed by atoms with E-state index in [0.717, 1.165) is 35.7 Å². The van der Waals surface area contributed by atoms with E-state index in [0.29, 0.717) is 24.8 Å². The van der Waals surface area contributed by atoms with Crippen molar-refractivity contribution in [3.8, 4) is 17.1 Å². The Balaban J connectivity index is 2.04. The molecule has 0 bridgehead atoms. The zero-order chi connectivity index (χ0) is 15.5. The molecule has 0 atom stereocenters. The second-order valence-electron chi connectivity index (χ2n) is 5.26. The first-order valence-electron chi connectivity index (χ1n) is 7.29. The molecule has 0 spiro atoms. The minimum absolute atomic E-state index is 0.534.